The fourth-order valence-electron chi connectivity index (χ4n) is 1.54. The van der Waals surface area contributed by atoms with E-state index in [-0.39, 0.29) is 6.42 Å². The Bertz CT molecular complexity index is 588. The van der Waals surface area contributed by atoms with Gasteiger partial charge >= 0.3 is 0 Å². The molecule has 0 amide bonds. The fourth-order valence-corrected chi connectivity index (χ4v) is 4.19. The zero-order valence-electron chi connectivity index (χ0n) is 8.78. The second-order valence-corrected chi connectivity index (χ2v) is 6.64. The van der Waals surface area contributed by atoms with Crippen LogP contribution in [0.4, 0.5) is 0 Å². The lowest BCUT2D eigenvalue weighted by Gasteiger charge is -2.08. The predicted octanol–water partition coefficient (Wildman–Crippen LogP) is 2.55. The Labute approximate surface area is 109 Å². The lowest BCUT2D eigenvalue weighted by Crippen LogP contribution is -2.12. The number of hydrogen-bond acceptors (Lipinski definition) is 5. The molecule has 17 heavy (non-hydrogen) atoms. The van der Waals surface area contributed by atoms with Crippen molar-refractivity contribution in [2.45, 2.75) is 11.7 Å². The van der Waals surface area contributed by atoms with Crippen molar-refractivity contribution in [3.63, 3.8) is 0 Å². The zero-order chi connectivity index (χ0) is 12.5. The van der Waals surface area contributed by atoms with E-state index < -0.39 is 15.4 Å². The average Bonchev–Trinajstić information content (AvgIpc) is 2.67. The number of fused-ring (bicyclic) bond motifs is 1. The maximum Gasteiger partial charge on any atom is 0.274 e. The van der Waals surface area contributed by atoms with Gasteiger partial charge in [-0.15, -0.1) is 11.3 Å². The highest BCUT2D eigenvalue weighted by Gasteiger charge is 2.27. The predicted molar refractivity (Wildman–Crippen MR) is 72.4 cm³/mol. The molecular formula is C10H11NO3S3. The van der Waals surface area contributed by atoms with Gasteiger partial charge in [0.15, 0.2) is 0 Å². The van der Waals surface area contributed by atoms with Crippen molar-refractivity contribution >= 4 is 44.3 Å². The first-order chi connectivity index (χ1) is 8.02. The third-order valence-corrected chi connectivity index (χ3v) is 5.07. The summed E-state index contributed by atoms with van der Waals surface area (Å²) in [6.07, 6.45) is 0.252. The van der Waals surface area contributed by atoms with Crippen molar-refractivity contribution in [3.8, 4) is 0 Å². The van der Waals surface area contributed by atoms with Gasteiger partial charge in [-0.2, -0.15) is 21.0 Å². The number of hydrogen-bond donors (Lipinski definition) is 2. The van der Waals surface area contributed by atoms with E-state index in [1.54, 1.807) is 0 Å². The molecule has 0 saturated carbocycles. The summed E-state index contributed by atoms with van der Waals surface area (Å²) in [4.78, 5) is 4.24. The molecule has 4 nitrogen and oxygen atoms in total. The quantitative estimate of drug-likeness (QED) is 0.670. The van der Waals surface area contributed by atoms with Crippen LogP contribution in [0.5, 0.6) is 0 Å². The minimum absolute atomic E-state index is 0.252. The number of nitrogens with zero attached hydrogens (tertiary/aromatic N) is 1. The first-order valence-corrected chi connectivity index (χ1v) is 7.90. The Morgan fingerprint density at radius 3 is 2.71 bits per heavy atom. The molecule has 0 aliphatic carbocycles. The van der Waals surface area contributed by atoms with Crippen LogP contribution in [0, 0.1) is 0 Å². The van der Waals surface area contributed by atoms with Crippen LogP contribution in [-0.2, 0) is 10.1 Å². The van der Waals surface area contributed by atoms with Crippen LogP contribution in [0.25, 0.3) is 10.2 Å². The van der Waals surface area contributed by atoms with Crippen molar-refractivity contribution in [1.29, 1.82) is 0 Å². The Balaban J connectivity index is 2.49. The summed E-state index contributed by atoms with van der Waals surface area (Å²) in [7, 11) is -4.13. The van der Waals surface area contributed by atoms with Crippen molar-refractivity contribution < 1.29 is 13.0 Å². The number of thiol groups is 1. The molecule has 0 fully saturated rings. The number of aromatic nitrogens is 1. The number of para-hydroxylation sites is 1. The van der Waals surface area contributed by atoms with Gasteiger partial charge in [0.2, 0.25) is 0 Å². The molecule has 2 rings (SSSR count). The first kappa shape index (κ1) is 12.8. The van der Waals surface area contributed by atoms with Gasteiger partial charge in [0.1, 0.15) is 10.3 Å². The van der Waals surface area contributed by atoms with Crippen LogP contribution in [0.2, 0.25) is 0 Å². The Kier molecular flexibility index (Phi) is 3.72. The maximum absolute atomic E-state index is 11.3. The van der Waals surface area contributed by atoms with Crippen molar-refractivity contribution in [2.75, 3.05) is 5.75 Å². The lowest BCUT2D eigenvalue weighted by molar-refractivity contribution is 0.467. The van der Waals surface area contributed by atoms with Crippen molar-refractivity contribution in [3.05, 3.63) is 29.3 Å². The standard InChI is InChI=1S/C10H11NO3S3/c12-17(13,14)9(5-6-15)10-11-7-3-1-2-4-8(7)16-10/h1-4,9,15H,5-6H2,(H,12,13,14)/t9-/m0/s1. The summed E-state index contributed by atoms with van der Waals surface area (Å²) < 4.78 is 32.7. The third kappa shape index (κ3) is 2.79. The highest BCUT2D eigenvalue weighted by Crippen LogP contribution is 2.32. The molecule has 1 aromatic carbocycles. The summed E-state index contributed by atoms with van der Waals surface area (Å²) >= 11 is 5.29. The van der Waals surface area contributed by atoms with E-state index in [1.165, 1.54) is 11.3 Å². The van der Waals surface area contributed by atoms with Gasteiger partial charge in [-0.1, -0.05) is 12.1 Å². The Morgan fingerprint density at radius 2 is 2.12 bits per heavy atom. The molecule has 1 heterocycles. The maximum atomic E-state index is 11.3. The molecule has 92 valence electrons. The second kappa shape index (κ2) is 4.93. The Hall–Kier alpha value is -0.630. The van der Waals surface area contributed by atoms with Crippen LogP contribution in [-0.4, -0.2) is 23.7 Å². The van der Waals surface area contributed by atoms with E-state index in [0.717, 1.165) is 10.2 Å². The van der Waals surface area contributed by atoms with E-state index in [2.05, 4.69) is 17.6 Å². The van der Waals surface area contributed by atoms with Gasteiger partial charge < -0.3 is 0 Å². The minimum atomic E-state index is -4.13. The van der Waals surface area contributed by atoms with Gasteiger partial charge in [-0.05, 0) is 24.3 Å². The zero-order valence-corrected chi connectivity index (χ0v) is 11.3. The van der Waals surface area contributed by atoms with Crippen molar-refractivity contribution in [1.82, 2.24) is 4.98 Å². The van der Waals surface area contributed by atoms with Crippen LogP contribution >= 0.6 is 24.0 Å². The van der Waals surface area contributed by atoms with Gasteiger partial charge in [0, 0.05) is 0 Å². The number of thiazole rings is 1. The highest BCUT2D eigenvalue weighted by molar-refractivity contribution is 7.86. The second-order valence-electron chi connectivity index (χ2n) is 3.54. The molecule has 0 bridgehead atoms. The monoisotopic (exact) mass is 289 g/mol. The Morgan fingerprint density at radius 1 is 1.41 bits per heavy atom. The molecule has 0 saturated heterocycles. The third-order valence-electron chi connectivity index (χ3n) is 2.34. The van der Waals surface area contributed by atoms with Crippen LogP contribution < -0.4 is 0 Å². The van der Waals surface area contributed by atoms with E-state index in [9.17, 15) is 13.0 Å². The molecule has 0 radical (unpaired) electrons. The average molecular weight is 289 g/mol. The van der Waals surface area contributed by atoms with Gasteiger partial charge in [0.05, 0.1) is 10.2 Å². The summed E-state index contributed by atoms with van der Waals surface area (Å²) in [5.74, 6) is 0.375. The number of benzene rings is 1. The van der Waals surface area contributed by atoms with Gasteiger partial charge in [0.25, 0.3) is 10.1 Å². The summed E-state index contributed by atoms with van der Waals surface area (Å²) in [6.45, 7) is 0. The smallest absolute Gasteiger partial charge is 0.274 e. The SMILES string of the molecule is O=S(=O)(O)[C@@H](CCS)c1nc2ccccc2s1. The molecule has 0 unspecified atom stereocenters. The normalized spacial score (nSPS) is 14.0. The van der Waals surface area contributed by atoms with Crippen LogP contribution in [0.1, 0.15) is 16.7 Å². The molecule has 7 heteroatoms. The molecule has 2 aromatic rings. The highest BCUT2D eigenvalue weighted by atomic mass is 32.2. The van der Waals surface area contributed by atoms with E-state index in [0.29, 0.717) is 10.8 Å². The molecular weight excluding hydrogens is 278 g/mol. The fraction of sp³-hybridized carbons (Fsp3) is 0.300. The molecule has 1 atom stereocenters. The molecule has 0 aliphatic heterocycles. The molecule has 1 aromatic heterocycles. The summed E-state index contributed by atoms with van der Waals surface area (Å²) in [6, 6.07) is 7.40. The summed E-state index contributed by atoms with van der Waals surface area (Å²) in [5.41, 5.74) is 0.750. The number of rotatable bonds is 4. The van der Waals surface area contributed by atoms with E-state index in [1.807, 2.05) is 24.3 Å². The molecule has 1 N–H and O–H groups in total. The van der Waals surface area contributed by atoms with Crippen LogP contribution in [0.15, 0.2) is 24.3 Å². The minimum Gasteiger partial charge on any atom is -0.285 e. The van der Waals surface area contributed by atoms with Crippen molar-refractivity contribution in [2.24, 2.45) is 0 Å². The van der Waals surface area contributed by atoms with E-state index in [4.69, 9.17) is 0 Å². The lowest BCUT2D eigenvalue weighted by atomic mass is 10.3. The summed E-state index contributed by atoms with van der Waals surface area (Å²) in [5, 5.41) is -0.555. The largest absolute Gasteiger partial charge is 0.285 e. The molecule has 0 aliphatic rings. The van der Waals surface area contributed by atoms with E-state index >= 15 is 0 Å². The van der Waals surface area contributed by atoms with Gasteiger partial charge in [-0.25, -0.2) is 4.98 Å². The van der Waals surface area contributed by atoms with Gasteiger partial charge in [-0.3, -0.25) is 4.55 Å². The first-order valence-electron chi connectivity index (χ1n) is 4.95. The topological polar surface area (TPSA) is 67.3 Å². The van der Waals surface area contributed by atoms with Crippen LogP contribution in [0.3, 0.4) is 0 Å². The molecule has 0 spiro atoms.